The van der Waals surface area contributed by atoms with Gasteiger partial charge in [-0.15, -0.1) is 0 Å². The fraction of sp³-hybridized carbons (Fsp3) is 0. The van der Waals surface area contributed by atoms with Gasteiger partial charge in [0.1, 0.15) is 11.6 Å². The summed E-state index contributed by atoms with van der Waals surface area (Å²) in [5.74, 6) is -0.0606. The van der Waals surface area contributed by atoms with E-state index in [0.717, 1.165) is 0 Å². The Bertz CT molecular complexity index is 808. The van der Waals surface area contributed by atoms with Crippen molar-refractivity contribution in [1.82, 2.24) is 4.98 Å². The van der Waals surface area contributed by atoms with Gasteiger partial charge in [0.25, 0.3) is 0 Å². The second-order valence-electron chi connectivity index (χ2n) is 4.77. The molecule has 4 nitrogen and oxygen atoms in total. The fourth-order valence-corrected chi connectivity index (χ4v) is 2.08. The molecule has 0 radical (unpaired) electrons. The van der Waals surface area contributed by atoms with Gasteiger partial charge in [-0.05, 0) is 42.5 Å². The minimum absolute atomic E-state index is 0.298. The zero-order valence-corrected chi connectivity index (χ0v) is 12.1. The van der Waals surface area contributed by atoms with Gasteiger partial charge in [-0.1, -0.05) is 24.3 Å². The Labute approximate surface area is 132 Å². The van der Waals surface area contributed by atoms with Crippen LogP contribution in [0, 0.1) is 5.82 Å². The van der Waals surface area contributed by atoms with Crippen molar-refractivity contribution in [1.29, 1.82) is 0 Å². The molecule has 114 valence electrons. The van der Waals surface area contributed by atoms with Crippen molar-refractivity contribution in [2.45, 2.75) is 0 Å². The molecule has 0 saturated heterocycles. The lowest BCUT2D eigenvalue weighted by atomic mass is 10.1. The maximum Gasteiger partial charge on any atom is 0.417 e. The summed E-state index contributed by atoms with van der Waals surface area (Å²) >= 11 is 0. The molecule has 3 rings (SSSR count). The third-order valence-electron chi connectivity index (χ3n) is 3.06. The Balaban J connectivity index is 1.78. The van der Waals surface area contributed by atoms with E-state index < -0.39 is 11.9 Å². The van der Waals surface area contributed by atoms with Crippen molar-refractivity contribution in [3.8, 4) is 17.0 Å². The number of amides is 1. The zero-order chi connectivity index (χ0) is 16.1. The standard InChI is InChI=1S/C18H13FN2O2/c19-14-10-13(17-8-4-5-9-20-17)11-15(12-14)21-18(22)23-16-6-2-1-3-7-16/h1-12H,(H,21,22). The van der Waals surface area contributed by atoms with Crippen LogP contribution in [0.4, 0.5) is 14.9 Å². The molecule has 0 aliphatic carbocycles. The predicted molar refractivity (Wildman–Crippen MR) is 85.7 cm³/mol. The molecule has 0 aliphatic rings. The molecule has 5 heteroatoms. The molecule has 23 heavy (non-hydrogen) atoms. The monoisotopic (exact) mass is 308 g/mol. The van der Waals surface area contributed by atoms with Gasteiger partial charge in [0, 0.05) is 17.4 Å². The molecule has 0 atom stereocenters. The lowest BCUT2D eigenvalue weighted by Crippen LogP contribution is -2.16. The van der Waals surface area contributed by atoms with Gasteiger partial charge in [0.2, 0.25) is 0 Å². The number of nitrogens with zero attached hydrogens (tertiary/aromatic N) is 1. The first-order chi connectivity index (χ1) is 11.2. The van der Waals surface area contributed by atoms with E-state index in [1.807, 2.05) is 12.1 Å². The van der Waals surface area contributed by atoms with Gasteiger partial charge in [-0.2, -0.15) is 0 Å². The Morgan fingerprint density at radius 2 is 1.78 bits per heavy atom. The Hall–Kier alpha value is -3.21. The van der Waals surface area contributed by atoms with Crippen molar-refractivity contribution in [3.63, 3.8) is 0 Å². The summed E-state index contributed by atoms with van der Waals surface area (Å²) in [6.45, 7) is 0. The van der Waals surface area contributed by atoms with Crippen LogP contribution in [0.5, 0.6) is 5.75 Å². The number of halogens is 1. The Morgan fingerprint density at radius 3 is 2.52 bits per heavy atom. The molecule has 1 amide bonds. The lowest BCUT2D eigenvalue weighted by Gasteiger charge is -2.08. The van der Waals surface area contributed by atoms with E-state index in [1.165, 1.54) is 12.1 Å². The number of hydrogen-bond acceptors (Lipinski definition) is 3. The van der Waals surface area contributed by atoms with Gasteiger partial charge in [0.05, 0.1) is 5.69 Å². The van der Waals surface area contributed by atoms with Gasteiger partial charge >= 0.3 is 6.09 Å². The second kappa shape index (κ2) is 6.70. The summed E-state index contributed by atoms with van der Waals surface area (Å²) in [4.78, 5) is 16.0. The first kappa shape index (κ1) is 14.7. The van der Waals surface area contributed by atoms with E-state index in [1.54, 1.807) is 48.7 Å². The number of nitrogens with one attached hydrogen (secondary N) is 1. The first-order valence-electron chi connectivity index (χ1n) is 6.96. The third-order valence-corrected chi connectivity index (χ3v) is 3.06. The summed E-state index contributed by atoms with van der Waals surface area (Å²) in [7, 11) is 0. The predicted octanol–water partition coefficient (Wildman–Crippen LogP) is 4.50. The SMILES string of the molecule is O=C(Nc1cc(F)cc(-c2ccccn2)c1)Oc1ccccc1. The van der Waals surface area contributed by atoms with Crippen LogP contribution in [-0.2, 0) is 0 Å². The summed E-state index contributed by atoms with van der Waals surface area (Å²) < 4.78 is 18.9. The number of aromatic nitrogens is 1. The van der Waals surface area contributed by atoms with E-state index in [-0.39, 0.29) is 0 Å². The summed E-state index contributed by atoms with van der Waals surface area (Å²) in [5.41, 5.74) is 1.48. The minimum Gasteiger partial charge on any atom is -0.410 e. The average Bonchev–Trinajstić information content (AvgIpc) is 2.56. The summed E-state index contributed by atoms with van der Waals surface area (Å²) in [6, 6.07) is 18.2. The number of anilines is 1. The molecule has 0 fully saturated rings. The van der Waals surface area contributed by atoms with Gasteiger partial charge in [-0.25, -0.2) is 9.18 Å². The zero-order valence-electron chi connectivity index (χ0n) is 12.1. The van der Waals surface area contributed by atoms with Crippen molar-refractivity contribution in [2.75, 3.05) is 5.32 Å². The summed E-state index contributed by atoms with van der Waals surface area (Å²) in [6.07, 6.45) is 0.936. The molecule has 0 bridgehead atoms. The molecular formula is C18H13FN2O2. The topological polar surface area (TPSA) is 51.2 Å². The van der Waals surface area contributed by atoms with Crippen molar-refractivity contribution in [2.24, 2.45) is 0 Å². The molecule has 0 spiro atoms. The molecule has 3 aromatic rings. The maximum absolute atomic E-state index is 13.8. The molecular weight excluding hydrogens is 295 g/mol. The van der Waals surface area contributed by atoms with Crippen LogP contribution in [0.1, 0.15) is 0 Å². The summed E-state index contributed by atoms with van der Waals surface area (Å²) in [5, 5.41) is 2.51. The van der Waals surface area contributed by atoms with E-state index in [9.17, 15) is 9.18 Å². The normalized spacial score (nSPS) is 10.1. The van der Waals surface area contributed by atoms with Crippen LogP contribution < -0.4 is 10.1 Å². The number of carbonyl (C=O) groups excluding carboxylic acids is 1. The number of pyridine rings is 1. The number of benzene rings is 2. The van der Waals surface area contributed by atoms with E-state index in [2.05, 4.69) is 10.3 Å². The Morgan fingerprint density at radius 1 is 1.00 bits per heavy atom. The van der Waals surface area contributed by atoms with Crippen LogP contribution in [-0.4, -0.2) is 11.1 Å². The second-order valence-corrected chi connectivity index (χ2v) is 4.77. The Kier molecular flexibility index (Phi) is 4.29. The average molecular weight is 308 g/mol. The van der Waals surface area contributed by atoms with Crippen molar-refractivity contribution in [3.05, 3.63) is 78.7 Å². The molecule has 0 saturated carbocycles. The highest BCUT2D eigenvalue weighted by atomic mass is 19.1. The molecule has 2 aromatic carbocycles. The molecule has 1 aromatic heterocycles. The number of para-hydroxylation sites is 1. The van der Waals surface area contributed by atoms with E-state index in [4.69, 9.17) is 4.74 Å². The first-order valence-corrected chi connectivity index (χ1v) is 6.96. The van der Waals surface area contributed by atoms with Gasteiger partial charge in [-0.3, -0.25) is 10.3 Å². The third kappa shape index (κ3) is 3.91. The maximum atomic E-state index is 13.8. The highest BCUT2D eigenvalue weighted by Crippen LogP contribution is 2.23. The molecule has 0 unspecified atom stereocenters. The lowest BCUT2D eigenvalue weighted by molar-refractivity contribution is 0.215. The highest BCUT2D eigenvalue weighted by Gasteiger charge is 2.08. The molecule has 1 N–H and O–H groups in total. The van der Waals surface area contributed by atoms with Crippen LogP contribution >= 0.6 is 0 Å². The van der Waals surface area contributed by atoms with Crippen LogP contribution in [0.3, 0.4) is 0 Å². The fourth-order valence-electron chi connectivity index (χ4n) is 2.08. The molecule has 0 aliphatic heterocycles. The quantitative estimate of drug-likeness (QED) is 0.775. The number of rotatable bonds is 3. The minimum atomic E-state index is -0.686. The van der Waals surface area contributed by atoms with Crippen molar-refractivity contribution >= 4 is 11.8 Å². The number of hydrogen-bond donors (Lipinski definition) is 1. The number of ether oxygens (including phenoxy) is 1. The van der Waals surface area contributed by atoms with Crippen LogP contribution in [0.25, 0.3) is 11.3 Å². The van der Waals surface area contributed by atoms with Crippen molar-refractivity contribution < 1.29 is 13.9 Å². The van der Waals surface area contributed by atoms with E-state index in [0.29, 0.717) is 22.7 Å². The highest BCUT2D eigenvalue weighted by molar-refractivity contribution is 5.87. The smallest absolute Gasteiger partial charge is 0.410 e. The molecule has 1 heterocycles. The van der Waals surface area contributed by atoms with E-state index >= 15 is 0 Å². The largest absolute Gasteiger partial charge is 0.417 e. The van der Waals surface area contributed by atoms with Gasteiger partial charge < -0.3 is 4.74 Å². The van der Waals surface area contributed by atoms with Gasteiger partial charge in [0.15, 0.2) is 0 Å². The number of carbonyl (C=O) groups is 1. The van der Waals surface area contributed by atoms with Crippen LogP contribution in [0.15, 0.2) is 72.9 Å². The van der Waals surface area contributed by atoms with Crippen LogP contribution in [0.2, 0.25) is 0 Å².